The molecule has 0 aromatic rings. The lowest BCUT2D eigenvalue weighted by atomic mass is 10.3. The average molecular weight is 174 g/mol. The van der Waals surface area contributed by atoms with E-state index in [1.807, 2.05) is 0 Å². The van der Waals surface area contributed by atoms with Crippen LogP contribution in [0.1, 0.15) is 20.8 Å². The highest BCUT2D eigenvalue weighted by atomic mass is 16.7. The van der Waals surface area contributed by atoms with Gasteiger partial charge in [0.25, 0.3) is 0 Å². The van der Waals surface area contributed by atoms with E-state index in [-0.39, 0.29) is 5.57 Å². The van der Waals surface area contributed by atoms with Gasteiger partial charge in [-0.15, -0.1) is 0 Å². The molecule has 0 aliphatic heterocycles. The lowest BCUT2D eigenvalue weighted by Gasteiger charge is -2.12. The first-order valence-electron chi connectivity index (χ1n) is 3.75. The lowest BCUT2D eigenvalue weighted by molar-refractivity contribution is -0.169. The van der Waals surface area contributed by atoms with Crippen molar-refractivity contribution in [3.63, 3.8) is 0 Å². The fourth-order valence-corrected chi connectivity index (χ4v) is 0.565. The monoisotopic (exact) mass is 174 g/mol. The Kier molecular flexibility index (Phi) is 5.12. The minimum atomic E-state index is -0.572. The zero-order chi connectivity index (χ0) is 9.56. The van der Waals surface area contributed by atoms with Crippen LogP contribution in [0.4, 0.5) is 0 Å². The maximum absolute atomic E-state index is 10.9. The van der Waals surface area contributed by atoms with Crippen molar-refractivity contribution in [3.8, 4) is 0 Å². The summed E-state index contributed by atoms with van der Waals surface area (Å²) in [6, 6.07) is 0. The molecule has 0 saturated heterocycles. The van der Waals surface area contributed by atoms with Crippen molar-refractivity contribution in [2.75, 3.05) is 6.61 Å². The highest BCUT2D eigenvalue weighted by Gasteiger charge is 2.10. The minimum absolute atomic E-state index is 0.154. The molecule has 0 bridgehead atoms. The first kappa shape index (κ1) is 11.0. The Hall–Kier alpha value is -1.03. The van der Waals surface area contributed by atoms with E-state index in [1.165, 1.54) is 6.92 Å². The number of hydrogen-bond acceptors (Lipinski definition) is 4. The molecule has 70 valence electrons. The Labute approximate surface area is 71.8 Å². The highest BCUT2D eigenvalue weighted by molar-refractivity contribution is 5.87. The van der Waals surface area contributed by atoms with E-state index in [1.54, 1.807) is 13.8 Å². The number of hydrogen-bond donors (Lipinski definition) is 1. The molecule has 12 heavy (non-hydrogen) atoms. The van der Waals surface area contributed by atoms with Crippen molar-refractivity contribution in [1.82, 2.24) is 0 Å². The standard InChI is InChI=1S/C8H14O4/c1-4-11-7(3)12-8(10)6(2)5-9/h5,7,9H,4H2,1-3H3/b6-5+. The molecule has 0 rings (SSSR count). The first-order chi connectivity index (χ1) is 5.61. The third-order valence-electron chi connectivity index (χ3n) is 1.19. The Morgan fingerprint density at radius 1 is 1.67 bits per heavy atom. The zero-order valence-corrected chi connectivity index (χ0v) is 7.53. The Balaban J connectivity index is 3.84. The summed E-state index contributed by atoms with van der Waals surface area (Å²) in [6.07, 6.45) is 0.137. The van der Waals surface area contributed by atoms with E-state index in [9.17, 15) is 4.79 Å². The second-order valence-electron chi connectivity index (χ2n) is 2.24. The number of esters is 1. The van der Waals surface area contributed by atoms with Gasteiger partial charge in [0.15, 0.2) is 6.29 Å². The van der Waals surface area contributed by atoms with Crippen LogP contribution in [0.5, 0.6) is 0 Å². The summed E-state index contributed by atoms with van der Waals surface area (Å²) in [6.45, 7) is 5.36. The molecule has 0 aliphatic rings. The summed E-state index contributed by atoms with van der Waals surface area (Å²) in [4.78, 5) is 10.9. The van der Waals surface area contributed by atoms with E-state index in [0.29, 0.717) is 12.9 Å². The molecule has 1 N–H and O–H groups in total. The third-order valence-corrected chi connectivity index (χ3v) is 1.19. The van der Waals surface area contributed by atoms with Crippen LogP contribution in [0.3, 0.4) is 0 Å². The largest absolute Gasteiger partial charge is 0.515 e. The Bertz CT molecular complexity index is 174. The van der Waals surface area contributed by atoms with Gasteiger partial charge in [-0.1, -0.05) is 0 Å². The van der Waals surface area contributed by atoms with Crippen molar-refractivity contribution in [1.29, 1.82) is 0 Å². The first-order valence-corrected chi connectivity index (χ1v) is 3.75. The number of carbonyl (C=O) groups is 1. The second kappa shape index (κ2) is 5.60. The van der Waals surface area contributed by atoms with Crippen LogP contribution in [0.25, 0.3) is 0 Å². The molecule has 1 unspecified atom stereocenters. The molecule has 0 fully saturated rings. The molecule has 0 aromatic carbocycles. The van der Waals surface area contributed by atoms with Gasteiger partial charge in [0.05, 0.1) is 11.8 Å². The van der Waals surface area contributed by atoms with Gasteiger partial charge in [0, 0.05) is 6.61 Å². The molecule has 4 nitrogen and oxygen atoms in total. The molecule has 0 aliphatic carbocycles. The van der Waals surface area contributed by atoms with Gasteiger partial charge >= 0.3 is 5.97 Å². The quantitative estimate of drug-likeness (QED) is 0.303. The van der Waals surface area contributed by atoms with Crippen molar-refractivity contribution >= 4 is 5.97 Å². The van der Waals surface area contributed by atoms with Gasteiger partial charge in [-0.05, 0) is 20.8 Å². The van der Waals surface area contributed by atoms with Crippen molar-refractivity contribution in [2.24, 2.45) is 0 Å². The summed E-state index contributed by atoms with van der Waals surface area (Å²) < 4.78 is 9.71. The average Bonchev–Trinajstić information content (AvgIpc) is 2.03. The molecule has 0 spiro atoms. The van der Waals surface area contributed by atoms with Crippen molar-refractivity contribution < 1.29 is 19.4 Å². The maximum atomic E-state index is 10.9. The van der Waals surface area contributed by atoms with Crippen LogP contribution in [0.15, 0.2) is 11.8 Å². The summed E-state index contributed by atoms with van der Waals surface area (Å²) in [5, 5.41) is 8.44. The Morgan fingerprint density at radius 2 is 2.25 bits per heavy atom. The van der Waals surface area contributed by atoms with E-state index < -0.39 is 12.3 Å². The van der Waals surface area contributed by atoms with Gasteiger partial charge < -0.3 is 14.6 Å². The summed E-state index contributed by atoms with van der Waals surface area (Å²) in [7, 11) is 0. The van der Waals surface area contributed by atoms with Gasteiger partial charge in [-0.25, -0.2) is 4.79 Å². The SMILES string of the molecule is CCOC(C)OC(=O)/C(C)=C/O. The normalized spacial score (nSPS) is 14.1. The van der Waals surface area contributed by atoms with E-state index in [4.69, 9.17) is 14.6 Å². The number of aliphatic hydroxyl groups is 1. The summed E-state index contributed by atoms with van der Waals surface area (Å²) >= 11 is 0. The van der Waals surface area contributed by atoms with Crippen molar-refractivity contribution in [2.45, 2.75) is 27.1 Å². The smallest absolute Gasteiger partial charge is 0.339 e. The molecular weight excluding hydrogens is 160 g/mol. The van der Waals surface area contributed by atoms with Gasteiger partial charge in [0.1, 0.15) is 0 Å². The molecule has 0 heterocycles. The molecule has 0 aromatic heterocycles. The van der Waals surface area contributed by atoms with Gasteiger partial charge in [-0.3, -0.25) is 0 Å². The zero-order valence-electron chi connectivity index (χ0n) is 7.53. The van der Waals surface area contributed by atoms with Crippen LogP contribution in [-0.2, 0) is 14.3 Å². The van der Waals surface area contributed by atoms with E-state index >= 15 is 0 Å². The second-order valence-corrected chi connectivity index (χ2v) is 2.24. The van der Waals surface area contributed by atoms with Crippen molar-refractivity contribution in [3.05, 3.63) is 11.8 Å². The molecule has 0 saturated carbocycles. The predicted octanol–water partition coefficient (Wildman–Crippen LogP) is 1.37. The molecule has 1 atom stereocenters. The minimum Gasteiger partial charge on any atom is -0.515 e. The van der Waals surface area contributed by atoms with E-state index in [0.717, 1.165) is 0 Å². The number of carbonyl (C=O) groups excluding carboxylic acids is 1. The molecule has 0 amide bonds. The number of rotatable bonds is 4. The highest BCUT2D eigenvalue weighted by Crippen LogP contribution is 2.00. The summed E-state index contributed by atoms with van der Waals surface area (Å²) in [5.41, 5.74) is 0.154. The van der Waals surface area contributed by atoms with Crippen LogP contribution in [0.2, 0.25) is 0 Å². The van der Waals surface area contributed by atoms with Gasteiger partial charge in [-0.2, -0.15) is 0 Å². The topological polar surface area (TPSA) is 55.8 Å². The number of ether oxygens (including phenoxy) is 2. The fourth-order valence-electron chi connectivity index (χ4n) is 0.565. The van der Waals surface area contributed by atoms with Gasteiger partial charge in [0.2, 0.25) is 0 Å². The van der Waals surface area contributed by atoms with Crippen LogP contribution < -0.4 is 0 Å². The molecular formula is C8H14O4. The van der Waals surface area contributed by atoms with Crippen LogP contribution in [-0.4, -0.2) is 24.0 Å². The lowest BCUT2D eigenvalue weighted by Crippen LogP contribution is -2.18. The molecule has 0 radical (unpaired) electrons. The van der Waals surface area contributed by atoms with Crippen LogP contribution >= 0.6 is 0 Å². The summed E-state index contributed by atoms with van der Waals surface area (Å²) in [5.74, 6) is -0.571. The third kappa shape index (κ3) is 3.98. The number of aliphatic hydroxyl groups excluding tert-OH is 1. The maximum Gasteiger partial charge on any atom is 0.339 e. The molecule has 4 heteroatoms. The predicted molar refractivity (Wildman–Crippen MR) is 43.6 cm³/mol. The van der Waals surface area contributed by atoms with Crippen LogP contribution in [0, 0.1) is 0 Å². The Morgan fingerprint density at radius 3 is 2.67 bits per heavy atom. The van der Waals surface area contributed by atoms with E-state index in [2.05, 4.69) is 0 Å². The fraction of sp³-hybridized carbons (Fsp3) is 0.625.